The van der Waals surface area contributed by atoms with Crippen LogP contribution in [-0.4, -0.2) is 17.8 Å². The van der Waals surface area contributed by atoms with Gasteiger partial charge in [0.05, 0.1) is 12.5 Å². The molecule has 0 nitrogen and oxygen atoms in total. The van der Waals surface area contributed by atoms with Gasteiger partial charge in [0, 0.05) is 6.42 Å². The molecule has 0 aromatic carbocycles. The van der Waals surface area contributed by atoms with E-state index in [1.165, 1.54) is 70.6 Å². The van der Waals surface area contributed by atoms with E-state index in [-0.39, 0.29) is 0 Å². The van der Waals surface area contributed by atoms with Crippen LogP contribution in [0.3, 0.4) is 0 Å². The Hall–Kier alpha value is 0.0900. The van der Waals surface area contributed by atoms with Gasteiger partial charge < -0.3 is 0 Å². The van der Waals surface area contributed by atoms with Gasteiger partial charge in [0.25, 0.3) is 0 Å². The van der Waals surface area contributed by atoms with Crippen LogP contribution in [-0.2, 0) is 10.9 Å². The molecular formula is C29H51S+. The number of hydrogen-bond acceptors (Lipinski definition) is 0. The molecule has 0 aromatic rings. The van der Waals surface area contributed by atoms with Crippen LogP contribution < -0.4 is 0 Å². The minimum atomic E-state index is 0.543. The zero-order valence-electron chi connectivity index (χ0n) is 21.3. The lowest BCUT2D eigenvalue weighted by molar-refractivity contribution is -0.0497. The Morgan fingerprint density at radius 1 is 0.967 bits per heavy atom. The van der Waals surface area contributed by atoms with Gasteiger partial charge in [-0.25, -0.2) is 0 Å². The second-order valence-electron chi connectivity index (χ2n) is 13.0. The normalized spacial score (nSPS) is 44.4. The fourth-order valence-corrected chi connectivity index (χ4v) is 10.2. The molecule has 0 N–H and O–H groups in total. The molecule has 0 radical (unpaired) electrons. The zero-order chi connectivity index (χ0) is 21.7. The average Bonchev–Trinajstić information content (AvgIpc) is 3.04. The van der Waals surface area contributed by atoms with Gasteiger partial charge in [-0.2, -0.15) is 0 Å². The third-order valence-corrected chi connectivity index (χ3v) is 12.7. The Labute approximate surface area is 191 Å². The van der Waals surface area contributed by atoms with Crippen LogP contribution in [0.1, 0.15) is 105 Å². The second-order valence-corrected chi connectivity index (χ2v) is 15.5. The summed E-state index contributed by atoms with van der Waals surface area (Å²) in [6.07, 6.45) is 24.0. The summed E-state index contributed by atoms with van der Waals surface area (Å²) in [5.74, 6) is 5.78. The molecule has 0 saturated heterocycles. The standard InChI is InChI=1S/C29H51S/c1-20(2)9-8-10-21(3)25-13-14-26-24-12-11-22-19-23(30(6)7)15-17-28(22,4)27(24)16-18-29(25,26)5/h11,20-21,23-27H,8-10,12-19H2,1-7H3/q+1/t21-,23?,24+,25-,26+,27+,28+,29-/m1/s1. The molecule has 4 aliphatic rings. The summed E-state index contributed by atoms with van der Waals surface area (Å²) in [4.78, 5) is 0. The fraction of sp³-hybridized carbons (Fsp3) is 0.931. The van der Waals surface area contributed by atoms with Crippen molar-refractivity contribution in [1.29, 1.82) is 0 Å². The highest BCUT2D eigenvalue weighted by molar-refractivity contribution is 7.96. The number of hydrogen-bond donors (Lipinski definition) is 0. The highest BCUT2D eigenvalue weighted by Crippen LogP contribution is 2.67. The first-order valence-corrected chi connectivity index (χ1v) is 15.5. The van der Waals surface area contributed by atoms with Crippen molar-refractivity contribution in [1.82, 2.24) is 0 Å². The molecule has 172 valence electrons. The van der Waals surface area contributed by atoms with Crippen molar-refractivity contribution in [2.75, 3.05) is 12.5 Å². The van der Waals surface area contributed by atoms with Gasteiger partial charge in [0.1, 0.15) is 5.25 Å². The molecule has 0 aliphatic heterocycles. The van der Waals surface area contributed by atoms with Gasteiger partial charge in [0.2, 0.25) is 0 Å². The zero-order valence-corrected chi connectivity index (χ0v) is 22.1. The Balaban J connectivity index is 1.48. The van der Waals surface area contributed by atoms with Crippen molar-refractivity contribution in [3.8, 4) is 0 Å². The van der Waals surface area contributed by atoms with E-state index in [0.29, 0.717) is 21.7 Å². The predicted octanol–water partition coefficient (Wildman–Crippen LogP) is 8.27. The van der Waals surface area contributed by atoms with Crippen molar-refractivity contribution < 1.29 is 0 Å². The van der Waals surface area contributed by atoms with Crippen LogP contribution in [0.4, 0.5) is 0 Å². The topological polar surface area (TPSA) is 0 Å². The van der Waals surface area contributed by atoms with Crippen molar-refractivity contribution in [2.45, 2.75) is 110 Å². The number of rotatable bonds is 6. The molecule has 0 amide bonds. The van der Waals surface area contributed by atoms with Gasteiger partial charge in [-0.05, 0) is 102 Å². The fourth-order valence-electron chi connectivity index (χ4n) is 9.05. The average molecular weight is 432 g/mol. The van der Waals surface area contributed by atoms with E-state index < -0.39 is 0 Å². The van der Waals surface area contributed by atoms with Crippen LogP contribution in [0, 0.1) is 46.3 Å². The minimum Gasteiger partial charge on any atom is -0.0843 e. The lowest BCUT2D eigenvalue weighted by Gasteiger charge is -2.58. The molecule has 30 heavy (non-hydrogen) atoms. The van der Waals surface area contributed by atoms with E-state index in [4.69, 9.17) is 0 Å². The van der Waals surface area contributed by atoms with Gasteiger partial charge in [-0.1, -0.05) is 65.5 Å². The molecule has 0 bridgehead atoms. The van der Waals surface area contributed by atoms with E-state index in [0.717, 1.165) is 40.8 Å². The van der Waals surface area contributed by atoms with Gasteiger partial charge in [0.15, 0.2) is 0 Å². The van der Waals surface area contributed by atoms with Crippen LogP contribution in [0.25, 0.3) is 0 Å². The summed E-state index contributed by atoms with van der Waals surface area (Å²) in [6, 6.07) is 0. The smallest absolute Gasteiger partial charge is 0.0843 e. The van der Waals surface area contributed by atoms with Gasteiger partial charge in [-0.15, -0.1) is 0 Å². The Morgan fingerprint density at radius 2 is 1.73 bits per heavy atom. The molecule has 3 saturated carbocycles. The van der Waals surface area contributed by atoms with E-state index in [1.54, 1.807) is 0 Å². The van der Waals surface area contributed by atoms with Crippen molar-refractivity contribution in [2.24, 2.45) is 46.3 Å². The lowest BCUT2D eigenvalue weighted by atomic mass is 9.47. The molecular weight excluding hydrogens is 380 g/mol. The van der Waals surface area contributed by atoms with E-state index in [1.807, 2.05) is 5.57 Å². The van der Waals surface area contributed by atoms with Crippen LogP contribution >= 0.6 is 0 Å². The monoisotopic (exact) mass is 431 g/mol. The van der Waals surface area contributed by atoms with Crippen LogP contribution in [0.5, 0.6) is 0 Å². The summed E-state index contributed by atoms with van der Waals surface area (Å²) in [5.41, 5.74) is 3.07. The number of fused-ring (bicyclic) bond motifs is 5. The molecule has 0 spiro atoms. The highest BCUT2D eigenvalue weighted by Gasteiger charge is 2.59. The summed E-state index contributed by atoms with van der Waals surface area (Å²) in [5, 5.41) is 0.970. The SMILES string of the molecule is CC(C)CCC[C@@H](C)[C@H]1CC[C@H]2[C@@H]3CC=C4CC([S+](C)C)CC[C@]4(C)[C@H]3CC[C@]12C. The Kier molecular flexibility index (Phi) is 6.82. The Bertz CT molecular complexity index is 632. The molecule has 4 rings (SSSR count). The van der Waals surface area contributed by atoms with Crippen molar-refractivity contribution in [3.63, 3.8) is 0 Å². The number of allylic oxidation sites excluding steroid dienone is 2. The van der Waals surface area contributed by atoms with Gasteiger partial charge >= 0.3 is 0 Å². The maximum atomic E-state index is 2.78. The molecule has 0 heterocycles. The lowest BCUT2D eigenvalue weighted by Crippen LogP contribution is -2.51. The highest BCUT2D eigenvalue weighted by atomic mass is 32.2. The molecule has 1 heteroatoms. The molecule has 3 fully saturated rings. The molecule has 8 atom stereocenters. The van der Waals surface area contributed by atoms with E-state index >= 15 is 0 Å². The maximum absolute atomic E-state index is 2.78. The first-order chi connectivity index (χ1) is 14.2. The summed E-state index contributed by atoms with van der Waals surface area (Å²) in [6.45, 7) is 12.8. The van der Waals surface area contributed by atoms with Gasteiger partial charge in [-0.3, -0.25) is 0 Å². The summed E-state index contributed by atoms with van der Waals surface area (Å²) in [7, 11) is 0.587. The minimum absolute atomic E-state index is 0.543. The maximum Gasteiger partial charge on any atom is 0.121 e. The first kappa shape index (κ1) is 23.3. The molecule has 0 aromatic heterocycles. The molecule has 1 unspecified atom stereocenters. The third kappa shape index (κ3) is 3.97. The third-order valence-electron chi connectivity index (χ3n) is 10.9. The first-order valence-electron chi connectivity index (χ1n) is 13.4. The molecule has 4 aliphatic carbocycles. The Morgan fingerprint density at radius 3 is 2.43 bits per heavy atom. The van der Waals surface area contributed by atoms with E-state index in [9.17, 15) is 0 Å². The van der Waals surface area contributed by atoms with Crippen molar-refractivity contribution >= 4 is 10.9 Å². The summed E-state index contributed by atoms with van der Waals surface area (Å²) < 4.78 is 0. The van der Waals surface area contributed by atoms with Crippen LogP contribution in [0.2, 0.25) is 0 Å². The summed E-state index contributed by atoms with van der Waals surface area (Å²) >= 11 is 0. The van der Waals surface area contributed by atoms with E-state index in [2.05, 4.69) is 53.2 Å². The van der Waals surface area contributed by atoms with Crippen molar-refractivity contribution in [3.05, 3.63) is 11.6 Å². The quantitative estimate of drug-likeness (QED) is 0.293. The predicted molar refractivity (Wildman–Crippen MR) is 136 cm³/mol. The second kappa shape index (κ2) is 8.79. The largest absolute Gasteiger partial charge is 0.121 e. The van der Waals surface area contributed by atoms with Crippen LogP contribution in [0.15, 0.2) is 11.6 Å².